The van der Waals surface area contributed by atoms with Crippen LogP contribution >= 0.6 is 39.3 Å². The molecule has 6 nitrogen and oxygen atoms in total. The highest BCUT2D eigenvalue weighted by Gasteiger charge is 2.24. The lowest BCUT2D eigenvalue weighted by atomic mass is 10.3. The third-order valence-electron chi connectivity index (χ3n) is 4.58. The van der Waals surface area contributed by atoms with Gasteiger partial charge in [0.15, 0.2) is 5.16 Å². The number of aromatic nitrogens is 3. The third-order valence-corrected chi connectivity index (χ3v) is 6.52. The Morgan fingerprint density at radius 3 is 2.59 bits per heavy atom. The van der Waals surface area contributed by atoms with Crippen LogP contribution in [0, 0.1) is 0 Å². The minimum atomic E-state index is -0.113. The summed E-state index contributed by atoms with van der Waals surface area (Å²) in [6, 6.07) is 15.1. The molecule has 2 heterocycles. The number of hydrogen-bond donors (Lipinski definition) is 1. The number of para-hydroxylation sites is 2. The number of thioether (sulfide) groups is 1. The molecule has 1 fully saturated rings. The summed E-state index contributed by atoms with van der Waals surface area (Å²) in [5.41, 5.74) is 1.55. The van der Waals surface area contributed by atoms with Crippen LogP contribution in [0.15, 0.2) is 58.2 Å². The molecule has 0 radical (unpaired) electrons. The average Bonchev–Trinajstić information content (AvgIpc) is 3.38. The average molecular weight is 493 g/mol. The van der Waals surface area contributed by atoms with E-state index in [1.54, 1.807) is 0 Å². The molecular formula is C20H19BrClN5OS. The Labute approximate surface area is 186 Å². The molecule has 29 heavy (non-hydrogen) atoms. The molecular weight excluding hydrogens is 474 g/mol. The largest absolute Gasteiger partial charge is 0.341 e. The Bertz CT molecular complexity index is 1020. The lowest BCUT2D eigenvalue weighted by Crippen LogP contribution is -2.22. The van der Waals surface area contributed by atoms with Gasteiger partial charge in [-0.05, 0) is 53.0 Å². The molecule has 2 aromatic carbocycles. The zero-order chi connectivity index (χ0) is 20.2. The van der Waals surface area contributed by atoms with Gasteiger partial charge >= 0.3 is 0 Å². The van der Waals surface area contributed by atoms with E-state index in [-0.39, 0.29) is 11.7 Å². The Balaban J connectivity index is 1.56. The molecule has 0 aliphatic carbocycles. The molecule has 1 N–H and O–H groups in total. The van der Waals surface area contributed by atoms with E-state index < -0.39 is 0 Å². The maximum Gasteiger partial charge on any atom is 0.234 e. The van der Waals surface area contributed by atoms with Gasteiger partial charge in [-0.1, -0.05) is 47.6 Å². The molecule has 0 bridgehead atoms. The van der Waals surface area contributed by atoms with Gasteiger partial charge in [0.1, 0.15) is 0 Å². The first-order valence-electron chi connectivity index (χ1n) is 9.26. The number of carbonyl (C=O) groups excluding carboxylic acids is 1. The van der Waals surface area contributed by atoms with Crippen LogP contribution in [-0.2, 0) is 4.79 Å². The van der Waals surface area contributed by atoms with Crippen LogP contribution in [0.4, 0.5) is 11.6 Å². The van der Waals surface area contributed by atoms with Crippen molar-refractivity contribution in [1.82, 2.24) is 14.8 Å². The molecule has 0 saturated carbocycles. The van der Waals surface area contributed by atoms with Crippen molar-refractivity contribution in [3.05, 3.63) is 58.0 Å². The molecule has 9 heteroatoms. The summed E-state index contributed by atoms with van der Waals surface area (Å²) in [6.45, 7) is 1.88. The van der Waals surface area contributed by atoms with Gasteiger partial charge in [0.25, 0.3) is 0 Å². The second kappa shape index (κ2) is 9.19. The number of nitrogens with zero attached hydrogens (tertiary/aromatic N) is 4. The van der Waals surface area contributed by atoms with Gasteiger partial charge in [0.2, 0.25) is 11.9 Å². The SMILES string of the molecule is O=C(CSc1nnc(N2CCCC2)n1-c1ccccc1Cl)Nc1ccccc1Br. The van der Waals surface area contributed by atoms with Crippen molar-refractivity contribution >= 4 is 56.8 Å². The highest BCUT2D eigenvalue weighted by Crippen LogP contribution is 2.32. The first-order valence-corrected chi connectivity index (χ1v) is 11.4. The number of nitrogens with one attached hydrogen (secondary N) is 1. The van der Waals surface area contributed by atoms with Crippen molar-refractivity contribution in [2.75, 3.05) is 29.1 Å². The van der Waals surface area contributed by atoms with E-state index in [1.807, 2.05) is 53.1 Å². The summed E-state index contributed by atoms with van der Waals surface area (Å²) in [6.07, 6.45) is 2.26. The molecule has 0 atom stereocenters. The Morgan fingerprint density at radius 2 is 1.83 bits per heavy atom. The fourth-order valence-electron chi connectivity index (χ4n) is 3.20. The summed E-state index contributed by atoms with van der Waals surface area (Å²) in [7, 11) is 0. The maximum atomic E-state index is 12.5. The van der Waals surface area contributed by atoms with Crippen LogP contribution in [-0.4, -0.2) is 39.5 Å². The number of amides is 1. The lowest BCUT2D eigenvalue weighted by molar-refractivity contribution is -0.113. The van der Waals surface area contributed by atoms with E-state index in [0.717, 1.165) is 47.7 Å². The molecule has 3 aromatic rings. The van der Waals surface area contributed by atoms with Crippen molar-refractivity contribution in [3.63, 3.8) is 0 Å². The zero-order valence-corrected chi connectivity index (χ0v) is 18.7. The van der Waals surface area contributed by atoms with E-state index in [1.165, 1.54) is 11.8 Å². The van der Waals surface area contributed by atoms with Crippen LogP contribution in [0.5, 0.6) is 0 Å². The highest BCUT2D eigenvalue weighted by molar-refractivity contribution is 9.10. The minimum Gasteiger partial charge on any atom is -0.341 e. The van der Waals surface area contributed by atoms with Gasteiger partial charge in [-0.25, -0.2) is 0 Å². The monoisotopic (exact) mass is 491 g/mol. The topological polar surface area (TPSA) is 63.1 Å². The smallest absolute Gasteiger partial charge is 0.234 e. The fraction of sp³-hybridized carbons (Fsp3) is 0.250. The lowest BCUT2D eigenvalue weighted by Gasteiger charge is -2.19. The molecule has 1 aromatic heterocycles. The van der Waals surface area contributed by atoms with Gasteiger partial charge < -0.3 is 10.2 Å². The van der Waals surface area contributed by atoms with Gasteiger partial charge in [-0.15, -0.1) is 10.2 Å². The fourth-order valence-corrected chi connectivity index (χ4v) is 4.54. The van der Waals surface area contributed by atoms with Crippen LogP contribution < -0.4 is 10.2 Å². The van der Waals surface area contributed by atoms with Crippen LogP contribution in [0.1, 0.15) is 12.8 Å². The number of hydrogen-bond acceptors (Lipinski definition) is 5. The van der Waals surface area contributed by atoms with Crippen molar-refractivity contribution < 1.29 is 4.79 Å². The predicted molar refractivity (Wildman–Crippen MR) is 121 cm³/mol. The van der Waals surface area contributed by atoms with Crippen LogP contribution in [0.3, 0.4) is 0 Å². The summed E-state index contributed by atoms with van der Waals surface area (Å²) >= 11 is 11.2. The van der Waals surface area contributed by atoms with Gasteiger partial charge in [-0.3, -0.25) is 9.36 Å². The van der Waals surface area contributed by atoms with Crippen molar-refractivity contribution in [1.29, 1.82) is 0 Å². The van der Waals surface area contributed by atoms with Gasteiger partial charge in [-0.2, -0.15) is 0 Å². The van der Waals surface area contributed by atoms with Crippen molar-refractivity contribution in [2.24, 2.45) is 0 Å². The molecule has 0 spiro atoms. The van der Waals surface area contributed by atoms with Gasteiger partial charge in [0, 0.05) is 17.6 Å². The molecule has 150 valence electrons. The highest BCUT2D eigenvalue weighted by atomic mass is 79.9. The quantitative estimate of drug-likeness (QED) is 0.490. The molecule has 4 rings (SSSR count). The summed E-state index contributed by atoms with van der Waals surface area (Å²) in [5.74, 6) is 0.867. The van der Waals surface area contributed by atoms with Gasteiger partial charge in [0.05, 0.1) is 22.2 Å². The maximum absolute atomic E-state index is 12.5. The zero-order valence-electron chi connectivity index (χ0n) is 15.5. The Kier molecular flexibility index (Phi) is 6.42. The van der Waals surface area contributed by atoms with Crippen molar-refractivity contribution in [2.45, 2.75) is 18.0 Å². The van der Waals surface area contributed by atoms with E-state index in [2.05, 4.69) is 36.3 Å². The molecule has 1 aliphatic heterocycles. The number of halogens is 2. The first kappa shape index (κ1) is 20.3. The van der Waals surface area contributed by atoms with Crippen molar-refractivity contribution in [3.8, 4) is 5.69 Å². The summed E-state index contributed by atoms with van der Waals surface area (Å²) in [5, 5.41) is 12.9. The van der Waals surface area contributed by atoms with E-state index in [0.29, 0.717) is 10.2 Å². The Hall–Kier alpha value is -2.03. The second-order valence-corrected chi connectivity index (χ2v) is 8.78. The number of benzene rings is 2. The number of carbonyl (C=O) groups is 1. The van der Waals surface area contributed by atoms with Crippen LogP contribution in [0.25, 0.3) is 5.69 Å². The summed E-state index contributed by atoms with van der Waals surface area (Å²) < 4.78 is 2.79. The molecule has 1 aliphatic rings. The van der Waals surface area contributed by atoms with E-state index >= 15 is 0 Å². The Morgan fingerprint density at radius 1 is 1.10 bits per heavy atom. The molecule has 0 unspecified atom stereocenters. The first-order chi connectivity index (χ1) is 14.1. The third kappa shape index (κ3) is 4.60. The molecule has 1 amide bonds. The second-order valence-electron chi connectivity index (χ2n) is 6.58. The standard InChI is InChI=1S/C20H19BrClN5OS/c21-14-7-1-3-9-16(14)23-18(28)13-29-20-25-24-19(26-11-5-6-12-26)27(20)17-10-4-2-8-15(17)22/h1-4,7-10H,5-6,11-13H2,(H,23,28). The van der Waals surface area contributed by atoms with E-state index in [9.17, 15) is 4.79 Å². The molecule has 1 saturated heterocycles. The number of anilines is 2. The normalized spacial score (nSPS) is 13.7. The summed E-state index contributed by atoms with van der Waals surface area (Å²) in [4.78, 5) is 14.7. The predicted octanol–water partition coefficient (Wildman–Crippen LogP) is 5.01. The van der Waals surface area contributed by atoms with E-state index in [4.69, 9.17) is 11.6 Å². The number of rotatable bonds is 6. The minimum absolute atomic E-state index is 0.113. The van der Waals surface area contributed by atoms with Crippen LogP contribution in [0.2, 0.25) is 5.02 Å².